The topological polar surface area (TPSA) is 47.1 Å². The minimum absolute atomic E-state index is 0.0939. The van der Waals surface area contributed by atoms with Crippen LogP contribution in [-0.2, 0) is 7.05 Å². The molecule has 0 spiro atoms. The minimum atomic E-state index is 0.0939. The molecule has 1 aromatic rings. The van der Waals surface area contributed by atoms with Gasteiger partial charge in [-0.05, 0) is 38.3 Å². The normalized spacial score (nSPS) is 23.2. The van der Waals surface area contributed by atoms with Crippen LogP contribution in [0, 0.1) is 5.92 Å². The van der Waals surface area contributed by atoms with E-state index >= 15 is 0 Å². The molecule has 0 aliphatic carbocycles. The van der Waals surface area contributed by atoms with Crippen molar-refractivity contribution in [1.29, 1.82) is 0 Å². The Bertz CT molecular complexity index is 374. The summed E-state index contributed by atoms with van der Waals surface area (Å²) in [6.07, 6.45) is 10.7. The Kier molecular flexibility index (Phi) is 5.40. The van der Waals surface area contributed by atoms with Crippen LogP contribution >= 0.6 is 0 Å². The van der Waals surface area contributed by atoms with E-state index in [-0.39, 0.29) is 6.04 Å². The van der Waals surface area contributed by atoms with Gasteiger partial charge in [-0.25, -0.2) is 0 Å². The molecule has 2 N–H and O–H groups in total. The van der Waals surface area contributed by atoms with Crippen LogP contribution in [0.4, 0.5) is 0 Å². The molecule has 19 heavy (non-hydrogen) atoms. The van der Waals surface area contributed by atoms with Crippen molar-refractivity contribution >= 4 is 0 Å². The van der Waals surface area contributed by atoms with E-state index in [1.807, 2.05) is 24.1 Å². The first kappa shape index (κ1) is 14.5. The first-order chi connectivity index (χ1) is 9.19. The first-order valence-electron chi connectivity index (χ1n) is 7.65. The van der Waals surface area contributed by atoms with Gasteiger partial charge in [-0.1, -0.05) is 19.8 Å². The molecule has 0 radical (unpaired) electrons. The SMILES string of the molecule is CCCC1CCCN(CC(N)c2cnn(C)c2)CC1. The molecule has 0 aromatic carbocycles. The molecule has 2 unspecified atom stereocenters. The average molecular weight is 264 g/mol. The number of likely N-dealkylation sites (tertiary alicyclic amines) is 1. The molecular formula is C15H28N4. The highest BCUT2D eigenvalue weighted by Gasteiger charge is 2.19. The molecule has 1 fully saturated rings. The van der Waals surface area contributed by atoms with Gasteiger partial charge in [-0.3, -0.25) is 4.68 Å². The molecule has 0 amide bonds. The van der Waals surface area contributed by atoms with Gasteiger partial charge in [0.15, 0.2) is 0 Å². The zero-order valence-corrected chi connectivity index (χ0v) is 12.4. The van der Waals surface area contributed by atoms with E-state index in [0.29, 0.717) is 0 Å². The third-order valence-electron chi connectivity index (χ3n) is 4.25. The molecule has 1 aliphatic rings. The summed E-state index contributed by atoms with van der Waals surface area (Å²) in [6.45, 7) is 5.67. The third kappa shape index (κ3) is 4.32. The van der Waals surface area contributed by atoms with Crippen LogP contribution in [-0.4, -0.2) is 34.3 Å². The minimum Gasteiger partial charge on any atom is -0.323 e. The second-order valence-electron chi connectivity index (χ2n) is 5.94. The van der Waals surface area contributed by atoms with E-state index in [4.69, 9.17) is 5.73 Å². The number of nitrogens with zero attached hydrogens (tertiary/aromatic N) is 3. The maximum Gasteiger partial charge on any atom is 0.0537 e. The van der Waals surface area contributed by atoms with Crippen LogP contribution in [0.25, 0.3) is 0 Å². The summed E-state index contributed by atoms with van der Waals surface area (Å²) < 4.78 is 1.83. The number of aryl methyl sites for hydroxylation is 1. The highest BCUT2D eigenvalue weighted by Crippen LogP contribution is 2.23. The van der Waals surface area contributed by atoms with E-state index in [0.717, 1.165) is 18.0 Å². The molecule has 4 heteroatoms. The zero-order chi connectivity index (χ0) is 13.7. The number of aromatic nitrogens is 2. The van der Waals surface area contributed by atoms with E-state index in [1.54, 1.807) is 0 Å². The van der Waals surface area contributed by atoms with E-state index in [9.17, 15) is 0 Å². The lowest BCUT2D eigenvalue weighted by molar-refractivity contribution is 0.263. The summed E-state index contributed by atoms with van der Waals surface area (Å²) >= 11 is 0. The average Bonchev–Trinajstić information content (AvgIpc) is 2.70. The van der Waals surface area contributed by atoms with Crippen molar-refractivity contribution in [3.05, 3.63) is 18.0 Å². The van der Waals surface area contributed by atoms with Gasteiger partial charge in [-0.2, -0.15) is 5.10 Å². The summed E-state index contributed by atoms with van der Waals surface area (Å²) in [4.78, 5) is 2.54. The fraction of sp³-hybridized carbons (Fsp3) is 0.800. The molecule has 0 bridgehead atoms. The summed E-state index contributed by atoms with van der Waals surface area (Å²) in [5.74, 6) is 0.935. The Morgan fingerprint density at radius 3 is 2.95 bits per heavy atom. The second-order valence-corrected chi connectivity index (χ2v) is 5.94. The van der Waals surface area contributed by atoms with Crippen molar-refractivity contribution in [2.75, 3.05) is 19.6 Å². The van der Waals surface area contributed by atoms with Crippen molar-refractivity contribution < 1.29 is 0 Å². The number of hydrogen-bond acceptors (Lipinski definition) is 3. The summed E-state index contributed by atoms with van der Waals surface area (Å²) in [5, 5.41) is 4.20. The van der Waals surface area contributed by atoms with Crippen LogP contribution in [0.3, 0.4) is 0 Å². The molecule has 108 valence electrons. The lowest BCUT2D eigenvalue weighted by Crippen LogP contribution is -2.33. The van der Waals surface area contributed by atoms with Crippen LogP contribution < -0.4 is 5.73 Å². The maximum atomic E-state index is 6.29. The van der Waals surface area contributed by atoms with Gasteiger partial charge >= 0.3 is 0 Å². The van der Waals surface area contributed by atoms with Gasteiger partial charge in [0.05, 0.1) is 6.20 Å². The zero-order valence-electron chi connectivity index (χ0n) is 12.4. The summed E-state index contributed by atoms with van der Waals surface area (Å²) in [5.41, 5.74) is 7.44. The lowest BCUT2D eigenvalue weighted by Gasteiger charge is -2.23. The van der Waals surface area contributed by atoms with Crippen LogP contribution in [0.1, 0.15) is 50.6 Å². The Labute approximate surface area is 117 Å². The molecule has 1 aliphatic heterocycles. The second kappa shape index (κ2) is 7.06. The Hall–Kier alpha value is -0.870. The molecule has 2 atom stereocenters. The number of nitrogens with two attached hydrogens (primary N) is 1. The monoisotopic (exact) mass is 264 g/mol. The van der Waals surface area contributed by atoms with E-state index in [1.165, 1.54) is 45.2 Å². The molecule has 2 rings (SSSR count). The molecular weight excluding hydrogens is 236 g/mol. The van der Waals surface area contributed by atoms with E-state index in [2.05, 4.69) is 16.9 Å². The van der Waals surface area contributed by atoms with Crippen molar-refractivity contribution in [2.45, 2.75) is 45.1 Å². The quantitative estimate of drug-likeness (QED) is 0.888. The van der Waals surface area contributed by atoms with Gasteiger partial charge in [0.25, 0.3) is 0 Å². The first-order valence-corrected chi connectivity index (χ1v) is 7.65. The molecule has 0 saturated carbocycles. The highest BCUT2D eigenvalue weighted by molar-refractivity contribution is 5.10. The number of hydrogen-bond donors (Lipinski definition) is 1. The van der Waals surface area contributed by atoms with E-state index < -0.39 is 0 Å². The fourth-order valence-corrected chi connectivity index (χ4v) is 3.12. The fourth-order valence-electron chi connectivity index (χ4n) is 3.12. The van der Waals surface area contributed by atoms with Crippen LogP contribution in [0.5, 0.6) is 0 Å². The Balaban J connectivity index is 1.82. The predicted molar refractivity (Wildman–Crippen MR) is 78.8 cm³/mol. The Morgan fingerprint density at radius 1 is 1.42 bits per heavy atom. The predicted octanol–water partition coefficient (Wildman–Crippen LogP) is 2.32. The van der Waals surface area contributed by atoms with Crippen molar-refractivity contribution in [2.24, 2.45) is 18.7 Å². The highest BCUT2D eigenvalue weighted by atomic mass is 15.2. The summed E-state index contributed by atoms with van der Waals surface area (Å²) in [6, 6.07) is 0.0939. The summed E-state index contributed by atoms with van der Waals surface area (Å²) in [7, 11) is 1.94. The molecule has 1 saturated heterocycles. The van der Waals surface area contributed by atoms with Gasteiger partial charge in [0.1, 0.15) is 0 Å². The van der Waals surface area contributed by atoms with Crippen molar-refractivity contribution in [3.8, 4) is 0 Å². The maximum absolute atomic E-state index is 6.29. The van der Waals surface area contributed by atoms with Crippen molar-refractivity contribution in [1.82, 2.24) is 14.7 Å². The largest absolute Gasteiger partial charge is 0.323 e. The Morgan fingerprint density at radius 2 is 2.26 bits per heavy atom. The lowest BCUT2D eigenvalue weighted by atomic mass is 9.96. The molecule has 4 nitrogen and oxygen atoms in total. The third-order valence-corrected chi connectivity index (χ3v) is 4.25. The number of rotatable bonds is 5. The van der Waals surface area contributed by atoms with Crippen molar-refractivity contribution in [3.63, 3.8) is 0 Å². The molecule has 2 heterocycles. The molecule has 1 aromatic heterocycles. The van der Waals surface area contributed by atoms with Gasteiger partial charge in [-0.15, -0.1) is 0 Å². The van der Waals surface area contributed by atoms with Crippen LogP contribution in [0.15, 0.2) is 12.4 Å². The van der Waals surface area contributed by atoms with Gasteiger partial charge < -0.3 is 10.6 Å². The van der Waals surface area contributed by atoms with Gasteiger partial charge in [0.2, 0.25) is 0 Å². The van der Waals surface area contributed by atoms with Gasteiger partial charge in [0, 0.05) is 31.4 Å². The van der Waals surface area contributed by atoms with Crippen LogP contribution in [0.2, 0.25) is 0 Å². The standard InChI is InChI=1S/C15H28N4/c1-3-5-13-6-4-8-19(9-7-13)12-15(16)14-10-17-18(2)11-14/h10-11,13,15H,3-9,12,16H2,1-2H3. The smallest absolute Gasteiger partial charge is 0.0537 e.